The minimum Gasteiger partial charge on any atom is -0.0622 e. The summed E-state index contributed by atoms with van der Waals surface area (Å²) in [5.74, 6) is 0. The summed E-state index contributed by atoms with van der Waals surface area (Å²) in [6.45, 7) is 2.21. The van der Waals surface area contributed by atoms with Crippen molar-refractivity contribution in [3.8, 4) is 0 Å². The van der Waals surface area contributed by atoms with E-state index in [2.05, 4.69) is 90.2 Å². The van der Waals surface area contributed by atoms with E-state index in [-0.39, 0.29) is 0 Å². The number of benzene rings is 2. The van der Waals surface area contributed by atoms with Crippen LogP contribution in [0.25, 0.3) is 9.15 Å². The van der Waals surface area contributed by atoms with Gasteiger partial charge in [0.25, 0.3) is 0 Å². The highest BCUT2D eigenvalue weighted by Gasteiger charge is 2.06. The standard InChI is InChI=1S/C16H15I/c1-2-15(13-9-5-3-6-10-13)16(17)14-11-7-4-8-12-14/h3-12H,2H2,1H3/b16-15+. The first-order chi connectivity index (χ1) is 8.33. The van der Waals surface area contributed by atoms with Crippen molar-refractivity contribution in [1.82, 2.24) is 0 Å². The third-order valence-electron chi connectivity index (χ3n) is 2.77. The molecule has 0 aliphatic carbocycles. The molecule has 0 amide bonds. The molecule has 1 heteroatoms. The molecule has 2 rings (SSSR count). The minimum atomic E-state index is 1.05. The van der Waals surface area contributed by atoms with Crippen molar-refractivity contribution in [1.29, 1.82) is 0 Å². The fraction of sp³-hybridized carbons (Fsp3) is 0.125. The van der Waals surface area contributed by atoms with E-state index < -0.39 is 0 Å². The molecule has 86 valence electrons. The second kappa shape index (κ2) is 6.01. The minimum absolute atomic E-state index is 1.05. The smallest absolute Gasteiger partial charge is 0.0240 e. The van der Waals surface area contributed by atoms with Crippen LogP contribution in [-0.2, 0) is 0 Å². The van der Waals surface area contributed by atoms with Crippen LogP contribution < -0.4 is 0 Å². The molecular weight excluding hydrogens is 319 g/mol. The summed E-state index contributed by atoms with van der Waals surface area (Å²) >= 11 is 2.45. The summed E-state index contributed by atoms with van der Waals surface area (Å²) in [5, 5.41) is 0. The van der Waals surface area contributed by atoms with Gasteiger partial charge in [-0.3, -0.25) is 0 Å². The van der Waals surface area contributed by atoms with Crippen molar-refractivity contribution in [3.63, 3.8) is 0 Å². The fourth-order valence-corrected chi connectivity index (χ4v) is 2.94. The third-order valence-corrected chi connectivity index (χ3v) is 4.04. The van der Waals surface area contributed by atoms with Crippen LogP contribution in [0.3, 0.4) is 0 Å². The van der Waals surface area contributed by atoms with Crippen molar-refractivity contribution in [2.75, 3.05) is 0 Å². The number of halogens is 1. The Balaban J connectivity index is 2.48. The van der Waals surface area contributed by atoms with Gasteiger partial charge in [0.05, 0.1) is 0 Å². The molecule has 0 aliphatic rings. The quantitative estimate of drug-likeness (QED) is 0.521. The summed E-state index contributed by atoms with van der Waals surface area (Å²) in [5.41, 5.74) is 4.04. The number of rotatable bonds is 3. The molecule has 0 spiro atoms. The average molecular weight is 334 g/mol. The molecule has 0 aliphatic heterocycles. The zero-order valence-corrected chi connectivity index (χ0v) is 12.0. The van der Waals surface area contributed by atoms with E-state index in [1.54, 1.807) is 0 Å². The second-order valence-corrected chi connectivity index (χ2v) is 4.96. The normalized spacial score (nSPS) is 12.1. The molecule has 17 heavy (non-hydrogen) atoms. The predicted octanol–water partition coefficient (Wildman–Crippen LogP) is 5.40. The Morgan fingerprint density at radius 2 is 1.29 bits per heavy atom. The van der Waals surface area contributed by atoms with Gasteiger partial charge in [-0.2, -0.15) is 0 Å². The van der Waals surface area contributed by atoms with Crippen LogP contribution in [-0.4, -0.2) is 0 Å². The van der Waals surface area contributed by atoms with Crippen molar-refractivity contribution < 1.29 is 0 Å². The van der Waals surface area contributed by atoms with Crippen molar-refractivity contribution in [2.45, 2.75) is 13.3 Å². The van der Waals surface area contributed by atoms with E-state index in [0.29, 0.717) is 0 Å². The van der Waals surface area contributed by atoms with E-state index in [4.69, 9.17) is 0 Å². The summed E-state index contributed by atoms with van der Waals surface area (Å²) in [4.78, 5) is 0. The second-order valence-electron chi connectivity index (χ2n) is 3.88. The van der Waals surface area contributed by atoms with Gasteiger partial charge in [-0.25, -0.2) is 0 Å². The number of hydrogen-bond donors (Lipinski definition) is 0. The Hall–Kier alpha value is -1.09. The van der Waals surface area contributed by atoms with E-state index in [1.165, 1.54) is 20.3 Å². The molecular formula is C16H15I. The topological polar surface area (TPSA) is 0 Å². The van der Waals surface area contributed by atoms with Crippen LogP contribution in [0.4, 0.5) is 0 Å². The Bertz CT molecular complexity index is 498. The average Bonchev–Trinajstić information content (AvgIpc) is 2.42. The summed E-state index contributed by atoms with van der Waals surface area (Å²) < 4.78 is 1.34. The van der Waals surface area contributed by atoms with Gasteiger partial charge in [-0.05, 0) is 45.7 Å². The first-order valence-corrected chi connectivity index (χ1v) is 6.90. The van der Waals surface area contributed by atoms with Crippen molar-refractivity contribution >= 4 is 31.7 Å². The van der Waals surface area contributed by atoms with Gasteiger partial charge in [0.2, 0.25) is 0 Å². The summed E-state index contributed by atoms with van der Waals surface area (Å²) in [6, 6.07) is 21.2. The molecule has 0 saturated carbocycles. The van der Waals surface area contributed by atoms with Gasteiger partial charge < -0.3 is 0 Å². The van der Waals surface area contributed by atoms with Gasteiger partial charge >= 0.3 is 0 Å². The maximum atomic E-state index is 2.45. The van der Waals surface area contributed by atoms with Crippen LogP contribution in [0.2, 0.25) is 0 Å². The van der Waals surface area contributed by atoms with Gasteiger partial charge in [-0.1, -0.05) is 67.6 Å². The Morgan fingerprint density at radius 1 is 0.824 bits per heavy atom. The summed E-state index contributed by atoms with van der Waals surface area (Å²) in [6.07, 6.45) is 1.05. The third kappa shape index (κ3) is 2.97. The molecule has 0 aromatic heterocycles. The van der Waals surface area contributed by atoms with Gasteiger partial charge in [0.15, 0.2) is 0 Å². The highest BCUT2D eigenvalue weighted by Crippen LogP contribution is 2.33. The lowest BCUT2D eigenvalue weighted by Gasteiger charge is -2.09. The summed E-state index contributed by atoms with van der Waals surface area (Å²) in [7, 11) is 0. The molecule has 0 heterocycles. The highest BCUT2D eigenvalue weighted by atomic mass is 127. The Labute approximate surface area is 117 Å². The maximum absolute atomic E-state index is 2.45. The zero-order chi connectivity index (χ0) is 12.1. The molecule has 2 aromatic rings. The first kappa shape index (κ1) is 12.4. The molecule has 0 N–H and O–H groups in total. The molecule has 0 unspecified atom stereocenters. The van der Waals surface area contributed by atoms with Crippen molar-refractivity contribution in [2.24, 2.45) is 0 Å². The van der Waals surface area contributed by atoms with E-state index in [9.17, 15) is 0 Å². The van der Waals surface area contributed by atoms with E-state index >= 15 is 0 Å². The highest BCUT2D eigenvalue weighted by molar-refractivity contribution is 14.1. The maximum Gasteiger partial charge on any atom is 0.0240 e. The van der Waals surface area contributed by atoms with Gasteiger partial charge in [0.1, 0.15) is 0 Å². The van der Waals surface area contributed by atoms with Gasteiger partial charge in [-0.15, -0.1) is 0 Å². The Morgan fingerprint density at radius 3 is 1.76 bits per heavy atom. The van der Waals surface area contributed by atoms with Crippen molar-refractivity contribution in [3.05, 3.63) is 71.8 Å². The molecule has 0 bridgehead atoms. The largest absolute Gasteiger partial charge is 0.0622 e. The van der Waals surface area contributed by atoms with Crippen LogP contribution in [0.5, 0.6) is 0 Å². The monoisotopic (exact) mass is 334 g/mol. The number of allylic oxidation sites excluding steroid dienone is 1. The lowest BCUT2D eigenvalue weighted by molar-refractivity contribution is 1.25. The van der Waals surface area contributed by atoms with E-state index in [1.807, 2.05) is 0 Å². The van der Waals surface area contributed by atoms with Crippen LogP contribution in [0.1, 0.15) is 24.5 Å². The number of hydrogen-bond acceptors (Lipinski definition) is 0. The molecule has 2 aromatic carbocycles. The zero-order valence-electron chi connectivity index (χ0n) is 9.86. The molecule has 0 atom stereocenters. The first-order valence-electron chi connectivity index (χ1n) is 5.82. The van der Waals surface area contributed by atoms with Gasteiger partial charge in [0, 0.05) is 3.58 Å². The molecule has 0 nitrogen and oxygen atoms in total. The van der Waals surface area contributed by atoms with Crippen LogP contribution >= 0.6 is 22.6 Å². The van der Waals surface area contributed by atoms with Crippen LogP contribution in [0, 0.1) is 0 Å². The van der Waals surface area contributed by atoms with Crippen LogP contribution in [0.15, 0.2) is 60.7 Å². The lowest BCUT2D eigenvalue weighted by atomic mass is 10.0. The SMILES string of the molecule is CC/C(=C(\I)c1ccccc1)c1ccccc1. The fourth-order valence-electron chi connectivity index (χ4n) is 1.88. The molecule has 0 radical (unpaired) electrons. The predicted molar refractivity (Wildman–Crippen MR) is 84.0 cm³/mol. The Kier molecular flexibility index (Phi) is 4.37. The molecule has 0 fully saturated rings. The van der Waals surface area contributed by atoms with E-state index in [0.717, 1.165) is 6.42 Å². The molecule has 0 saturated heterocycles. The lowest BCUT2D eigenvalue weighted by Crippen LogP contribution is -1.86.